The minimum absolute atomic E-state index is 0.402. The zero-order chi connectivity index (χ0) is 11.3. The highest BCUT2D eigenvalue weighted by atomic mass is 19.3. The third-order valence-corrected chi connectivity index (χ3v) is 2.01. The molecule has 2 nitrogen and oxygen atoms in total. The van der Waals surface area contributed by atoms with Crippen LogP contribution in [0.3, 0.4) is 0 Å². The van der Waals surface area contributed by atoms with Crippen molar-refractivity contribution in [3.05, 3.63) is 35.9 Å². The van der Waals surface area contributed by atoms with Gasteiger partial charge in [-0.05, 0) is 5.56 Å². The number of carboxylic acid groups (broad SMARTS) is 1. The van der Waals surface area contributed by atoms with E-state index in [-0.39, 0.29) is 0 Å². The molecule has 4 heteroatoms. The molecule has 0 bridgehead atoms. The summed E-state index contributed by atoms with van der Waals surface area (Å²) >= 11 is 0. The number of benzene rings is 1. The normalized spacial score (nSPS) is 11.3. The van der Waals surface area contributed by atoms with E-state index in [0.29, 0.717) is 5.56 Å². The molecule has 0 aromatic heterocycles. The van der Waals surface area contributed by atoms with Gasteiger partial charge in [-0.15, -0.1) is 0 Å². The minimum atomic E-state index is -2.94. The molecule has 82 valence electrons. The molecule has 0 unspecified atom stereocenters. The fourth-order valence-electron chi connectivity index (χ4n) is 1.27. The first-order chi connectivity index (χ1) is 6.99. The van der Waals surface area contributed by atoms with Gasteiger partial charge in [0, 0.05) is 12.8 Å². The quantitative estimate of drug-likeness (QED) is 0.818. The predicted octanol–water partition coefficient (Wildman–Crippen LogP) is 2.73. The lowest BCUT2D eigenvalue weighted by atomic mass is 10.0. The summed E-state index contributed by atoms with van der Waals surface area (Å²) in [5, 5.41) is 8.31. The van der Waals surface area contributed by atoms with Gasteiger partial charge in [-0.2, -0.15) is 0 Å². The Morgan fingerprint density at radius 1 is 1.27 bits per heavy atom. The van der Waals surface area contributed by atoms with E-state index in [0.717, 1.165) is 0 Å². The van der Waals surface area contributed by atoms with Gasteiger partial charge in [0.15, 0.2) is 0 Å². The number of halogens is 2. The van der Waals surface area contributed by atoms with Crippen molar-refractivity contribution in [2.45, 2.75) is 25.2 Å². The van der Waals surface area contributed by atoms with Gasteiger partial charge >= 0.3 is 5.97 Å². The largest absolute Gasteiger partial charge is 0.481 e. The van der Waals surface area contributed by atoms with E-state index >= 15 is 0 Å². The van der Waals surface area contributed by atoms with E-state index in [1.54, 1.807) is 30.3 Å². The topological polar surface area (TPSA) is 37.3 Å². The SMILES string of the molecule is O=C(O)CCC(F)(F)Cc1ccccc1. The van der Waals surface area contributed by atoms with Crippen molar-refractivity contribution in [3.8, 4) is 0 Å². The fourth-order valence-corrected chi connectivity index (χ4v) is 1.27. The lowest BCUT2D eigenvalue weighted by Crippen LogP contribution is -2.20. The van der Waals surface area contributed by atoms with Crippen LogP contribution in [0.5, 0.6) is 0 Å². The Labute approximate surface area is 86.5 Å². The Bertz CT molecular complexity index is 323. The summed E-state index contributed by atoms with van der Waals surface area (Å²) in [6.45, 7) is 0. The van der Waals surface area contributed by atoms with Crippen molar-refractivity contribution in [2.75, 3.05) is 0 Å². The number of aliphatic carboxylic acids is 1. The summed E-state index contributed by atoms with van der Waals surface area (Å²) in [6.07, 6.45) is -1.52. The second kappa shape index (κ2) is 4.87. The number of carbonyl (C=O) groups is 1. The molecular weight excluding hydrogens is 202 g/mol. The maximum absolute atomic E-state index is 13.2. The van der Waals surface area contributed by atoms with Crippen LogP contribution in [-0.2, 0) is 11.2 Å². The van der Waals surface area contributed by atoms with Crippen LogP contribution in [0.1, 0.15) is 18.4 Å². The van der Waals surface area contributed by atoms with Crippen LogP contribution in [0.4, 0.5) is 8.78 Å². The molecule has 0 fully saturated rings. The molecule has 0 amide bonds. The summed E-state index contributed by atoms with van der Waals surface area (Å²) in [4.78, 5) is 10.2. The highest BCUT2D eigenvalue weighted by molar-refractivity contribution is 5.66. The number of hydrogen-bond acceptors (Lipinski definition) is 1. The third kappa shape index (κ3) is 4.54. The Balaban J connectivity index is 2.52. The van der Waals surface area contributed by atoms with Crippen molar-refractivity contribution >= 4 is 5.97 Å². The van der Waals surface area contributed by atoms with E-state index < -0.39 is 31.2 Å². The lowest BCUT2D eigenvalue weighted by molar-refractivity contribution is -0.139. The molecule has 1 aromatic rings. The molecule has 0 spiro atoms. The van der Waals surface area contributed by atoms with Crippen LogP contribution in [0.15, 0.2) is 30.3 Å². The van der Waals surface area contributed by atoms with Crippen LogP contribution in [0.25, 0.3) is 0 Å². The van der Waals surface area contributed by atoms with E-state index in [4.69, 9.17) is 5.11 Å². The van der Waals surface area contributed by atoms with Gasteiger partial charge in [0.25, 0.3) is 5.92 Å². The zero-order valence-corrected chi connectivity index (χ0v) is 8.12. The molecule has 0 radical (unpaired) electrons. The summed E-state index contributed by atoms with van der Waals surface area (Å²) < 4.78 is 26.4. The van der Waals surface area contributed by atoms with Crippen LogP contribution >= 0.6 is 0 Å². The predicted molar refractivity (Wildman–Crippen MR) is 52.0 cm³/mol. The molecule has 0 saturated carbocycles. The molecule has 1 rings (SSSR count). The fraction of sp³-hybridized carbons (Fsp3) is 0.364. The smallest absolute Gasteiger partial charge is 0.303 e. The number of rotatable bonds is 5. The van der Waals surface area contributed by atoms with Gasteiger partial charge in [-0.25, -0.2) is 8.78 Å². The number of alkyl halides is 2. The maximum Gasteiger partial charge on any atom is 0.303 e. The summed E-state index contributed by atoms with van der Waals surface area (Å²) in [7, 11) is 0. The Morgan fingerprint density at radius 3 is 2.40 bits per heavy atom. The van der Waals surface area contributed by atoms with Crippen molar-refractivity contribution in [2.24, 2.45) is 0 Å². The van der Waals surface area contributed by atoms with E-state index in [9.17, 15) is 13.6 Å². The first-order valence-corrected chi connectivity index (χ1v) is 4.63. The second-order valence-corrected chi connectivity index (χ2v) is 3.41. The summed E-state index contributed by atoms with van der Waals surface area (Å²) in [5.41, 5.74) is 0.521. The molecule has 0 aliphatic carbocycles. The first-order valence-electron chi connectivity index (χ1n) is 4.63. The van der Waals surface area contributed by atoms with E-state index in [2.05, 4.69) is 0 Å². The van der Waals surface area contributed by atoms with E-state index in [1.165, 1.54) is 0 Å². The highest BCUT2D eigenvalue weighted by Crippen LogP contribution is 2.25. The van der Waals surface area contributed by atoms with Crippen molar-refractivity contribution < 1.29 is 18.7 Å². The standard InChI is InChI=1S/C11H12F2O2/c12-11(13,7-6-10(14)15)8-9-4-2-1-3-5-9/h1-5H,6-8H2,(H,14,15). The molecule has 1 N–H and O–H groups in total. The highest BCUT2D eigenvalue weighted by Gasteiger charge is 2.29. The lowest BCUT2D eigenvalue weighted by Gasteiger charge is -2.14. The minimum Gasteiger partial charge on any atom is -0.481 e. The Hall–Kier alpha value is -1.45. The van der Waals surface area contributed by atoms with Gasteiger partial charge in [0.1, 0.15) is 0 Å². The first kappa shape index (κ1) is 11.6. The van der Waals surface area contributed by atoms with Gasteiger partial charge in [0.2, 0.25) is 0 Å². The molecule has 0 aliphatic heterocycles. The monoisotopic (exact) mass is 214 g/mol. The Morgan fingerprint density at radius 2 is 1.87 bits per heavy atom. The van der Waals surface area contributed by atoms with Crippen LogP contribution in [0, 0.1) is 0 Å². The average molecular weight is 214 g/mol. The van der Waals surface area contributed by atoms with Gasteiger partial charge < -0.3 is 5.11 Å². The average Bonchev–Trinajstić information content (AvgIpc) is 2.16. The maximum atomic E-state index is 13.2. The van der Waals surface area contributed by atoms with Gasteiger partial charge in [-0.3, -0.25) is 4.79 Å². The van der Waals surface area contributed by atoms with Crippen LogP contribution < -0.4 is 0 Å². The molecular formula is C11H12F2O2. The van der Waals surface area contributed by atoms with Crippen molar-refractivity contribution in [1.82, 2.24) is 0 Å². The third-order valence-electron chi connectivity index (χ3n) is 2.01. The van der Waals surface area contributed by atoms with Crippen LogP contribution in [0.2, 0.25) is 0 Å². The van der Waals surface area contributed by atoms with Gasteiger partial charge in [0.05, 0.1) is 6.42 Å². The summed E-state index contributed by atoms with van der Waals surface area (Å²) in [6, 6.07) is 8.33. The number of hydrogen-bond donors (Lipinski definition) is 1. The van der Waals surface area contributed by atoms with E-state index in [1.807, 2.05) is 0 Å². The molecule has 0 atom stereocenters. The molecule has 1 aromatic carbocycles. The van der Waals surface area contributed by atoms with Gasteiger partial charge in [-0.1, -0.05) is 30.3 Å². The van der Waals surface area contributed by atoms with Crippen LogP contribution in [-0.4, -0.2) is 17.0 Å². The summed E-state index contributed by atoms with van der Waals surface area (Å²) in [5.74, 6) is -4.14. The Kier molecular flexibility index (Phi) is 3.77. The number of carboxylic acids is 1. The molecule has 15 heavy (non-hydrogen) atoms. The zero-order valence-electron chi connectivity index (χ0n) is 8.12. The molecule has 0 heterocycles. The second-order valence-electron chi connectivity index (χ2n) is 3.41. The van der Waals surface area contributed by atoms with Crippen molar-refractivity contribution in [1.29, 1.82) is 0 Å². The molecule has 0 aliphatic rings. The van der Waals surface area contributed by atoms with Crippen molar-refractivity contribution in [3.63, 3.8) is 0 Å². The molecule has 0 saturated heterocycles.